The number of allylic oxidation sites excluding steroid dienone is 2. The minimum Gasteiger partial charge on any atom is -0.506 e. The average Bonchev–Trinajstić information content (AvgIpc) is 3.24. The smallest absolute Gasteiger partial charge is 0.425 e. The summed E-state index contributed by atoms with van der Waals surface area (Å²) in [6.45, 7) is 11.5. The van der Waals surface area contributed by atoms with Gasteiger partial charge in [0.1, 0.15) is 11.5 Å². The monoisotopic (exact) mass is 599 g/mol. The molecule has 2 N–H and O–H groups in total. The molecule has 1 aromatic carbocycles. The van der Waals surface area contributed by atoms with E-state index in [9.17, 15) is 23.1 Å². The minimum absolute atomic E-state index is 0.0943. The molecule has 0 aromatic heterocycles. The summed E-state index contributed by atoms with van der Waals surface area (Å²) in [5.74, 6) is -1.85. The van der Waals surface area contributed by atoms with Crippen LogP contribution in [0.15, 0.2) is 72.0 Å². The van der Waals surface area contributed by atoms with Crippen LogP contribution in [0.5, 0.6) is 0 Å². The molecule has 1 amide bonds. The Hall–Kier alpha value is -3.04. The highest BCUT2D eigenvalue weighted by atomic mass is 19.4. The highest BCUT2D eigenvalue weighted by Gasteiger charge is 2.76. The van der Waals surface area contributed by atoms with Gasteiger partial charge in [0, 0.05) is 41.6 Å². The highest BCUT2D eigenvalue weighted by Crippen LogP contribution is 2.70. The van der Waals surface area contributed by atoms with Gasteiger partial charge in [-0.25, -0.2) is 0 Å². The number of amides is 1. The van der Waals surface area contributed by atoms with Crippen molar-refractivity contribution in [1.82, 2.24) is 5.32 Å². The van der Waals surface area contributed by atoms with Gasteiger partial charge in [-0.1, -0.05) is 68.8 Å². The van der Waals surface area contributed by atoms with Crippen LogP contribution in [0.4, 0.5) is 13.2 Å². The van der Waals surface area contributed by atoms with Crippen LogP contribution in [0.25, 0.3) is 5.76 Å². The number of aliphatic hydroxyl groups excluding tert-OH is 1. The van der Waals surface area contributed by atoms with Gasteiger partial charge in [-0.3, -0.25) is 4.79 Å². The number of alkyl halides is 3. The first-order chi connectivity index (χ1) is 20.4. The summed E-state index contributed by atoms with van der Waals surface area (Å²) in [6, 6.07) is 7.66. The lowest BCUT2D eigenvalue weighted by molar-refractivity contribution is -0.961. The van der Waals surface area contributed by atoms with Crippen molar-refractivity contribution < 1.29 is 37.0 Å². The number of methoxy groups -OCH3 is 1. The number of nitrogens with zero attached hydrogens (tertiary/aromatic N) is 1. The van der Waals surface area contributed by atoms with Crippen LogP contribution in [-0.4, -0.2) is 66.3 Å². The van der Waals surface area contributed by atoms with Crippen molar-refractivity contribution in [2.45, 2.75) is 70.0 Å². The van der Waals surface area contributed by atoms with E-state index in [-0.39, 0.29) is 34.7 Å². The van der Waals surface area contributed by atoms with Gasteiger partial charge >= 0.3 is 6.18 Å². The van der Waals surface area contributed by atoms with Crippen molar-refractivity contribution in [3.8, 4) is 0 Å². The Kier molecular flexibility index (Phi) is 7.36. The second-order valence-corrected chi connectivity index (χ2v) is 13.5. The molecule has 4 fully saturated rings. The number of nitrogens with one attached hydrogen (secondary N) is 1. The first-order valence-electron chi connectivity index (χ1n) is 15.4. The largest absolute Gasteiger partial charge is 0.506 e. The molecule has 1 spiro atoms. The molecule has 3 aliphatic carbocycles. The molecular formula is C34H42F3N2O4+. The number of carbonyl (C=O) groups excluding carboxylic acids is 1. The maximum atomic E-state index is 14.5. The minimum atomic E-state index is -5.11. The number of halogens is 3. The molecule has 1 aromatic rings. The number of ether oxygens (including phenoxy) is 2. The van der Waals surface area contributed by atoms with E-state index in [0.717, 1.165) is 61.8 Å². The van der Waals surface area contributed by atoms with Crippen molar-refractivity contribution in [1.29, 1.82) is 0 Å². The Bertz CT molecular complexity index is 1390. The maximum absolute atomic E-state index is 14.5. The molecule has 6 rings (SSSR count). The Morgan fingerprint density at radius 2 is 2.00 bits per heavy atom. The Balaban J connectivity index is 1.47. The Labute approximate surface area is 251 Å². The number of aliphatic hydroxyl groups is 1. The molecule has 0 radical (unpaired) electrons. The van der Waals surface area contributed by atoms with Gasteiger partial charge < -0.3 is 24.4 Å². The van der Waals surface area contributed by atoms with Crippen LogP contribution in [0, 0.1) is 23.2 Å². The number of hydrogen-bond donors (Lipinski definition) is 2. The molecule has 3 unspecified atom stereocenters. The van der Waals surface area contributed by atoms with Crippen molar-refractivity contribution in [2.24, 2.45) is 23.2 Å². The fourth-order valence-electron chi connectivity index (χ4n) is 9.75. The predicted molar refractivity (Wildman–Crippen MR) is 157 cm³/mol. The Morgan fingerprint density at radius 3 is 2.65 bits per heavy atom. The number of rotatable bonds is 8. The molecular weight excluding hydrogens is 557 g/mol. The van der Waals surface area contributed by atoms with E-state index in [1.807, 2.05) is 12.2 Å². The third-order valence-corrected chi connectivity index (χ3v) is 10.9. The molecule has 2 heterocycles. The molecule has 2 bridgehead atoms. The lowest BCUT2D eigenvalue weighted by Gasteiger charge is -2.65. The molecule has 43 heavy (non-hydrogen) atoms. The van der Waals surface area contributed by atoms with E-state index in [1.54, 1.807) is 12.1 Å². The van der Waals surface area contributed by atoms with Crippen LogP contribution in [-0.2, 0) is 14.3 Å². The number of carbonyl (C=O) groups is 1. The number of piperidine rings is 1. The third kappa shape index (κ3) is 4.40. The van der Waals surface area contributed by atoms with E-state index in [0.29, 0.717) is 12.0 Å². The quantitative estimate of drug-likeness (QED) is 0.156. The molecule has 2 saturated carbocycles. The SMILES string of the molecule is C=CC[N+]1(CC(C)C)CC[C@]23C4C5=CC=C(OC)C4(NC(=O)C(=C(O)c4ccccc4)C(F)(F)F)O[C@H]2CCC[C@H]3[C@H]1C5. The van der Waals surface area contributed by atoms with Crippen LogP contribution in [0.3, 0.4) is 0 Å². The van der Waals surface area contributed by atoms with Crippen LogP contribution in [0.1, 0.15) is 51.5 Å². The lowest BCUT2D eigenvalue weighted by Crippen LogP contribution is -2.73. The zero-order chi connectivity index (χ0) is 30.8. The normalized spacial score (nSPS) is 36.6. The van der Waals surface area contributed by atoms with Crippen molar-refractivity contribution in [2.75, 3.05) is 26.7 Å². The maximum Gasteiger partial charge on any atom is 0.425 e. The number of benzene rings is 1. The standard InChI is InChI=1S/C34H41F3N2O4/c1-5-17-39(20-21(2)3)18-16-32-24-12-9-13-26(32)43-33(27(42-4)15-14-23(30(32)33)19-25(24)39)38-31(41)28(34(35,36)37)29(40)22-10-7-6-8-11-22/h5-8,10-11,14-15,21,24-26,30H,1,9,12-13,16-20H2,2-4H3,(H-,38,40,41)/p+1/t24-,25+,26-,30?,32+,33?,39?/m0/s1. The van der Waals surface area contributed by atoms with Gasteiger partial charge in [0.15, 0.2) is 5.57 Å². The number of hydrogen-bond acceptors (Lipinski definition) is 4. The fraction of sp³-hybridized carbons (Fsp3) is 0.559. The molecule has 2 saturated heterocycles. The van der Waals surface area contributed by atoms with E-state index in [2.05, 4.69) is 25.7 Å². The average molecular weight is 600 g/mol. The molecule has 9 heteroatoms. The zero-order valence-electron chi connectivity index (χ0n) is 25.1. The third-order valence-electron chi connectivity index (χ3n) is 10.9. The summed E-state index contributed by atoms with van der Waals surface area (Å²) in [6.07, 6.45) is 4.82. The summed E-state index contributed by atoms with van der Waals surface area (Å²) >= 11 is 0. The fourth-order valence-corrected chi connectivity index (χ4v) is 9.75. The molecule has 6 nitrogen and oxygen atoms in total. The Morgan fingerprint density at radius 1 is 1.26 bits per heavy atom. The van der Waals surface area contributed by atoms with Gasteiger partial charge in [0.25, 0.3) is 5.91 Å². The molecule has 2 aliphatic heterocycles. The van der Waals surface area contributed by atoms with Crippen molar-refractivity contribution in [3.05, 3.63) is 77.6 Å². The van der Waals surface area contributed by atoms with Crippen LogP contribution >= 0.6 is 0 Å². The summed E-state index contributed by atoms with van der Waals surface area (Å²) < 4.78 is 57.1. The summed E-state index contributed by atoms with van der Waals surface area (Å²) in [5, 5.41) is 13.5. The predicted octanol–water partition coefficient (Wildman–Crippen LogP) is 6.44. The van der Waals surface area contributed by atoms with Gasteiger partial charge in [0.2, 0.25) is 5.72 Å². The first-order valence-corrected chi connectivity index (χ1v) is 15.4. The van der Waals surface area contributed by atoms with Gasteiger partial charge in [-0.2, -0.15) is 13.2 Å². The van der Waals surface area contributed by atoms with E-state index in [1.165, 1.54) is 31.4 Å². The van der Waals surface area contributed by atoms with E-state index in [4.69, 9.17) is 9.47 Å². The highest BCUT2D eigenvalue weighted by molar-refractivity contribution is 6.01. The lowest BCUT2D eigenvalue weighted by atomic mass is 9.46. The summed E-state index contributed by atoms with van der Waals surface area (Å²) in [7, 11) is 1.46. The second-order valence-electron chi connectivity index (χ2n) is 13.5. The first kappa shape index (κ1) is 30.0. The van der Waals surface area contributed by atoms with Gasteiger partial charge in [-0.05, 0) is 25.0 Å². The molecule has 5 aliphatic rings. The zero-order valence-corrected chi connectivity index (χ0v) is 25.1. The van der Waals surface area contributed by atoms with Crippen molar-refractivity contribution >= 4 is 11.7 Å². The molecule has 7 atom stereocenters. The molecule has 232 valence electrons. The summed E-state index contributed by atoms with van der Waals surface area (Å²) in [5.41, 5.74) is -2.61. The second kappa shape index (κ2) is 10.5. The van der Waals surface area contributed by atoms with Gasteiger partial charge in [0.05, 0.1) is 38.9 Å². The van der Waals surface area contributed by atoms with Crippen LogP contribution < -0.4 is 5.32 Å². The van der Waals surface area contributed by atoms with E-state index >= 15 is 0 Å². The topological polar surface area (TPSA) is 67.8 Å². The van der Waals surface area contributed by atoms with Crippen LogP contribution in [0.2, 0.25) is 0 Å². The van der Waals surface area contributed by atoms with Gasteiger partial charge in [-0.15, -0.1) is 0 Å². The van der Waals surface area contributed by atoms with Crippen molar-refractivity contribution in [3.63, 3.8) is 0 Å². The summed E-state index contributed by atoms with van der Waals surface area (Å²) in [4.78, 5) is 13.8. The number of likely N-dealkylation sites (tertiary alicyclic amines) is 1. The number of quaternary nitrogens is 1. The van der Waals surface area contributed by atoms with E-state index < -0.39 is 29.1 Å².